The van der Waals surface area contributed by atoms with Gasteiger partial charge in [-0.2, -0.15) is 0 Å². The van der Waals surface area contributed by atoms with Crippen LogP contribution in [0.3, 0.4) is 0 Å². The molecule has 2 rings (SSSR count). The minimum absolute atomic E-state index is 0.766. The molecular formula is C21H47N3. The van der Waals surface area contributed by atoms with Crippen molar-refractivity contribution in [2.24, 2.45) is 5.92 Å². The van der Waals surface area contributed by atoms with E-state index in [0.717, 1.165) is 18.0 Å². The van der Waals surface area contributed by atoms with Crippen LogP contribution in [0.2, 0.25) is 0 Å². The van der Waals surface area contributed by atoms with E-state index in [0.29, 0.717) is 0 Å². The zero-order valence-corrected chi connectivity index (χ0v) is 17.9. The number of hydrogen-bond acceptors (Lipinski definition) is 3. The monoisotopic (exact) mass is 341 g/mol. The lowest BCUT2D eigenvalue weighted by Crippen LogP contribution is -2.50. The van der Waals surface area contributed by atoms with E-state index >= 15 is 0 Å². The Morgan fingerprint density at radius 3 is 1.88 bits per heavy atom. The smallest absolute Gasteiger partial charge is 0.0120 e. The van der Waals surface area contributed by atoms with Gasteiger partial charge < -0.3 is 15.1 Å². The normalized spacial score (nSPS) is 21.0. The number of hydrogen-bond donors (Lipinski definition) is 1. The third-order valence-electron chi connectivity index (χ3n) is 5.27. The first-order chi connectivity index (χ1) is 11.7. The van der Waals surface area contributed by atoms with Crippen LogP contribution in [0.1, 0.15) is 80.1 Å². The highest BCUT2D eigenvalue weighted by Crippen LogP contribution is 2.21. The summed E-state index contributed by atoms with van der Waals surface area (Å²) in [5.41, 5.74) is 0. The van der Waals surface area contributed by atoms with Crippen molar-refractivity contribution in [3.05, 3.63) is 0 Å². The molecule has 0 aromatic rings. The molecule has 2 fully saturated rings. The summed E-state index contributed by atoms with van der Waals surface area (Å²) in [5, 5.41) is 3.43. The van der Waals surface area contributed by atoms with Gasteiger partial charge in [-0.3, -0.25) is 0 Å². The van der Waals surface area contributed by atoms with Crippen LogP contribution in [0.15, 0.2) is 0 Å². The predicted molar refractivity (Wildman–Crippen MR) is 110 cm³/mol. The van der Waals surface area contributed by atoms with Gasteiger partial charge in [-0.05, 0) is 84.2 Å². The van der Waals surface area contributed by atoms with Crippen molar-refractivity contribution in [2.75, 3.05) is 39.8 Å². The van der Waals surface area contributed by atoms with E-state index < -0.39 is 0 Å². The maximum Gasteiger partial charge on any atom is 0.0120 e. The quantitative estimate of drug-likeness (QED) is 0.760. The second-order valence-corrected chi connectivity index (χ2v) is 7.21. The maximum atomic E-state index is 3.43. The lowest BCUT2D eigenvalue weighted by molar-refractivity contribution is 0.0837. The summed E-state index contributed by atoms with van der Waals surface area (Å²) in [4.78, 5) is 5.46. The highest BCUT2D eigenvalue weighted by atomic mass is 15.2. The molecule has 24 heavy (non-hydrogen) atoms. The van der Waals surface area contributed by atoms with E-state index in [1.54, 1.807) is 0 Å². The molecule has 2 saturated heterocycles. The molecule has 0 aromatic heterocycles. The van der Waals surface area contributed by atoms with Crippen LogP contribution in [0.5, 0.6) is 0 Å². The molecule has 0 aliphatic carbocycles. The molecule has 0 amide bonds. The van der Waals surface area contributed by atoms with E-state index in [9.17, 15) is 0 Å². The second-order valence-electron chi connectivity index (χ2n) is 7.21. The predicted octanol–water partition coefficient (Wildman–Crippen LogP) is 4.62. The number of rotatable bonds is 6. The maximum absolute atomic E-state index is 3.43. The zero-order valence-electron chi connectivity index (χ0n) is 17.9. The van der Waals surface area contributed by atoms with Gasteiger partial charge in [-0.25, -0.2) is 0 Å². The summed E-state index contributed by atoms with van der Waals surface area (Å²) in [6.45, 7) is 19.3. The number of nitrogens with one attached hydrogen (secondary N) is 1. The van der Waals surface area contributed by atoms with Gasteiger partial charge in [0.2, 0.25) is 0 Å². The standard InChI is InChI=1S/C17H35N3.2C2H6/c1-15(2)5-4-10-19-11-8-17(9-12-19)20-13-6-16(18-3)7-14-20;2*1-2/h15-18H,4-14H2,1-3H3;2*1-2H3. The molecule has 0 unspecified atom stereocenters. The summed E-state index contributed by atoms with van der Waals surface area (Å²) in [5.74, 6) is 0.862. The Bertz CT molecular complexity index is 252. The molecule has 146 valence electrons. The van der Waals surface area contributed by atoms with E-state index in [1.807, 2.05) is 27.7 Å². The molecule has 3 nitrogen and oxygen atoms in total. The van der Waals surface area contributed by atoms with Gasteiger partial charge in [0.15, 0.2) is 0 Å². The van der Waals surface area contributed by atoms with Crippen molar-refractivity contribution in [2.45, 2.75) is 92.2 Å². The first-order valence-electron chi connectivity index (χ1n) is 10.8. The van der Waals surface area contributed by atoms with Crippen LogP contribution in [0.4, 0.5) is 0 Å². The van der Waals surface area contributed by atoms with Crippen molar-refractivity contribution in [3.63, 3.8) is 0 Å². The van der Waals surface area contributed by atoms with Crippen molar-refractivity contribution < 1.29 is 0 Å². The van der Waals surface area contributed by atoms with Gasteiger partial charge in [-0.15, -0.1) is 0 Å². The minimum Gasteiger partial charge on any atom is -0.317 e. The van der Waals surface area contributed by atoms with Crippen LogP contribution in [-0.4, -0.2) is 61.7 Å². The van der Waals surface area contributed by atoms with Gasteiger partial charge >= 0.3 is 0 Å². The van der Waals surface area contributed by atoms with Gasteiger partial charge in [0.1, 0.15) is 0 Å². The molecule has 0 bridgehead atoms. The van der Waals surface area contributed by atoms with Crippen LogP contribution in [0.25, 0.3) is 0 Å². The summed E-state index contributed by atoms with van der Waals surface area (Å²) in [6, 6.07) is 1.64. The van der Waals surface area contributed by atoms with E-state index in [4.69, 9.17) is 0 Å². The molecule has 0 radical (unpaired) electrons. The van der Waals surface area contributed by atoms with Gasteiger partial charge in [-0.1, -0.05) is 41.5 Å². The van der Waals surface area contributed by atoms with Gasteiger partial charge in [0.25, 0.3) is 0 Å². The molecule has 0 saturated carbocycles. The molecule has 2 heterocycles. The van der Waals surface area contributed by atoms with Crippen LogP contribution < -0.4 is 5.32 Å². The Hall–Kier alpha value is -0.120. The average molecular weight is 342 g/mol. The molecule has 1 N–H and O–H groups in total. The van der Waals surface area contributed by atoms with Gasteiger partial charge in [0, 0.05) is 12.1 Å². The molecule has 0 aromatic carbocycles. The van der Waals surface area contributed by atoms with Crippen molar-refractivity contribution in [3.8, 4) is 0 Å². The van der Waals surface area contributed by atoms with Crippen LogP contribution in [0, 0.1) is 5.92 Å². The summed E-state index contributed by atoms with van der Waals surface area (Å²) in [7, 11) is 2.11. The SMILES string of the molecule is CC.CC.CNC1CCN(C2CCN(CCCC(C)C)CC2)CC1. The van der Waals surface area contributed by atoms with Gasteiger partial charge in [0.05, 0.1) is 0 Å². The Kier molecular flexibility index (Phi) is 15.1. The first-order valence-corrected chi connectivity index (χ1v) is 10.8. The third-order valence-corrected chi connectivity index (χ3v) is 5.27. The Balaban J connectivity index is 0.00000123. The summed E-state index contributed by atoms with van der Waals surface area (Å²) >= 11 is 0. The Morgan fingerprint density at radius 1 is 0.875 bits per heavy atom. The largest absolute Gasteiger partial charge is 0.317 e. The van der Waals surface area contributed by atoms with Crippen LogP contribution >= 0.6 is 0 Å². The average Bonchev–Trinajstić information content (AvgIpc) is 2.65. The fraction of sp³-hybridized carbons (Fsp3) is 1.00. The topological polar surface area (TPSA) is 18.5 Å². The van der Waals surface area contributed by atoms with Crippen molar-refractivity contribution >= 4 is 0 Å². The number of likely N-dealkylation sites (tertiary alicyclic amines) is 2. The molecule has 0 atom stereocenters. The Morgan fingerprint density at radius 2 is 1.42 bits per heavy atom. The first kappa shape index (κ1) is 23.9. The highest BCUT2D eigenvalue weighted by Gasteiger charge is 2.27. The lowest BCUT2D eigenvalue weighted by Gasteiger charge is -2.41. The zero-order chi connectivity index (χ0) is 18.4. The van der Waals surface area contributed by atoms with E-state index in [-0.39, 0.29) is 0 Å². The Labute approximate surface area is 153 Å². The summed E-state index contributed by atoms with van der Waals surface area (Å²) < 4.78 is 0. The molecule has 0 spiro atoms. The molecule has 2 aliphatic heterocycles. The molecular weight excluding hydrogens is 294 g/mol. The highest BCUT2D eigenvalue weighted by molar-refractivity contribution is 4.84. The third kappa shape index (κ3) is 9.39. The van der Waals surface area contributed by atoms with E-state index in [1.165, 1.54) is 71.2 Å². The lowest BCUT2D eigenvalue weighted by atomic mass is 9.97. The van der Waals surface area contributed by atoms with E-state index in [2.05, 4.69) is 36.0 Å². The second kappa shape index (κ2) is 15.2. The fourth-order valence-corrected chi connectivity index (χ4v) is 3.78. The fourth-order valence-electron chi connectivity index (χ4n) is 3.78. The van der Waals surface area contributed by atoms with Crippen molar-refractivity contribution in [1.82, 2.24) is 15.1 Å². The number of piperidine rings is 2. The molecule has 2 aliphatic rings. The summed E-state index contributed by atoms with van der Waals surface area (Å²) in [6.07, 6.45) is 8.24. The van der Waals surface area contributed by atoms with Crippen molar-refractivity contribution in [1.29, 1.82) is 0 Å². The minimum atomic E-state index is 0.766. The van der Waals surface area contributed by atoms with Crippen LogP contribution in [-0.2, 0) is 0 Å². The molecule has 3 heteroatoms. The number of nitrogens with zero attached hydrogens (tertiary/aromatic N) is 2.